The Morgan fingerprint density at radius 3 is 2.37 bits per heavy atom. The average molecular weight is 437 g/mol. The van der Waals surface area contributed by atoms with Gasteiger partial charge in [-0.05, 0) is 55.5 Å². The highest BCUT2D eigenvalue weighted by atomic mass is 35.5. The van der Waals surface area contributed by atoms with Crippen molar-refractivity contribution in [1.82, 2.24) is 14.8 Å². The highest BCUT2D eigenvalue weighted by Crippen LogP contribution is 2.34. The molecule has 0 spiro atoms. The van der Waals surface area contributed by atoms with Gasteiger partial charge in [-0.15, -0.1) is 12.4 Å². The molecule has 0 saturated heterocycles. The number of aromatic nitrogens is 3. The van der Waals surface area contributed by atoms with Gasteiger partial charge in [0.05, 0.1) is 27.9 Å². The lowest BCUT2D eigenvalue weighted by molar-refractivity contribution is -0.137. The predicted octanol–water partition coefficient (Wildman–Crippen LogP) is 6.27. The predicted molar refractivity (Wildman–Crippen MR) is 111 cm³/mol. The molecular weight excluding hydrogens is 420 g/mol. The van der Waals surface area contributed by atoms with Crippen LogP contribution in [0.3, 0.4) is 0 Å². The standard InChI is InChI=1S/C21H16F4N4.ClH/c1-12-19-18(29(2)28-12)11-17(13-6-8-15(22)9-7-13)27-20(19)26-16-5-3-4-14(10-16)21(23,24)25;/h3-11H,1-2H3,(H,26,27);1H. The van der Waals surface area contributed by atoms with E-state index in [1.807, 2.05) is 6.07 Å². The zero-order chi connectivity index (χ0) is 20.8. The van der Waals surface area contributed by atoms with Gasteiger partial charge in [0, 0.05) is 18.3 Å². The van der Waals surface area contributed by atoms with E-state index in [0.717, 1.165) is 17.6 Å². The first kappa shape index (κ1) is 21.6. The maximum Gasteiger partial charge on any atom is 0.416 e. The van der Waals surface area contributed by atoms with Gasteiger partial charge >= 0.3 is 6.18 Å². The van der Waals surface area contributed by atoms with Crippen LogP contribution in [0.5, 0.6) is 0 Å². The van der Waals surface area contributed by atoms with E-state index in [9.17, 15) is 17.6 Å². The van der Waals surface area contributed by atoms with Crippen LogP contribution in [0.15, 0.2) is 54.6 Å². The van der Waals surface area contributed by atoms with Gasteiger partial charge in [-0.1, -0.05) is 6.07 Å². The van der Waals surface area contributed by atoms with Crippen LogP contribution in [0.1, 0.15) is 11.3 Å². The number of fused-ring (bicyclic) bond motifs is 1. The lowest BCUT2D eigenvalue weighted by Gasteiger charge is -2.13. The van der Waals surface area contributed by atoms with E-state index in [1.165, 1.54) is 18.2 Å². The summed E-state index contributed by atoms with van der Waals surface area (Å²) in [5.74, 6) is 0.0141. The smallest absolute Gasteiger partial charge is 0.340 e. The van der Waals surface area contributed by atoms with Crippen LogP contribution in [0, 0.1) is 12.7 Å². The second-order valence-electron chi connectivity index (χ2n) is 6.67. The number of nitrogens with one attached hydrogen (secondary N) is 1. The maximum absolute atomic E-state index is 13.3. The van der Waals surface area contributed by atoms with Crippen LogP contribution in [-0.4, -0.2) is 14.8 Å². The fourth-order valence-corrected chi connectivity index (χ4v) is 3.24. The van der Waals surface area contributed by atoms with E-state index >= 15 is 0 Å². The molecule has 0 unspecified atom stereocenters. The number of rotatable bonds is 3. The Balaban J connectivity index is 0.00000256. The number of benzene rings is 2. The Bertz CT molecular complexity index is 1200. The third-order valence-corrected chi connectivity index (χ3v) is 4.60. The Morgan fingerprint density at radius 1 is 1.00 bits per heavy atom. The van der Waals surface area contributed by atoms with Crippen LogP contribution in [0.4, 0.5) is 29.1 Å². The molecule has 4 nitrogen and oxygen atoms in total. The largest absolute Gasteiger partial charge is 0.416 e. The van der Waals surface area contributed by atoms with Gasteiger partial charge in [-0.2, -0.15) is 18.3 Å². The Labute approximate surface area is 176 Å². The minimum atomic E-state index is -4.44. The Hall–Kier alpha value is -3.13. The van der Waals surface area contributed by atoms with Gasteiger partial charge in [-0.3, -0.25) is 4.68 Å². The van der Waals surface area contributed by atoms with Crippen LogP contribution >= 0.6 is 12.4 Å². The number of hydrogen-bond donors (Lipinski definition) is 1. The fourth-order valence-electron chi connectivity index (χ4n) is 3.24. The second kappa shape index (κ2) is 7.95. The molecular formula is C21H17ClF4N4. The first-order valence-electron chi connectivity index (χ1n) is 8.77. The maximum atomic E-state index is 13.3. The number of halogens is 5. The molecule has 0 bridgehead atoms. The molecule has 0 aliphatic carbocycles. The minimum absolute atomic E-state index is 0. The summed E-state index contributed by atoms with van der Waals surface area (Å²) < 4.78 is 54.1. The highest BCUT2D eigenvalue weighted by Gasteiger charge is 2.30. The molecule has 0 fully saturated rings. The van der Waals surface area contributed by atoms with E-state index < -0.39 is 11.7 Å². The molecule has 2 aromatic heterocycles. The van der Waals surface area contributed by atoms with E-state index in [0.29, 0.717) is 28.2 Å². The molecule has 0 radical (unpaired) electrons. The van der Waals surface area contributed by atoms with Crippen LogP contribution in [0.2, 0.25) is 0 Å². The lowest BCUT2D eigenvalue weighted by atomic mass is 10.1. The molecule has 2 heterocycles. The lowest BCUT2D eigenvalue weighted by Crippen LogP contribution is -2.05. The summed E-state index contributed by atoms with van der Waals surface area (Å²) in [7, 11) is 1.78. The summed E-state index contributed by atoms with van der Waals surface area (Å²) >= 11 is 0. The first-order valence-corrected chi connectivity index (χ1v) is 8.77. The SMILES string of the molecule is Cc1nn(C)c2cc(-c3ccc(F)cc3)nc(Nc3cccc(C(F)(F)F)c3)c12.Cl. The fraction of sp³-hybridized carbons (Fsp3) is 0.143. The number of pyridine rings is 1. The zero-order valence-corrected chi connectivity index (χ0v) is 16.8. The van der Waals surface area contributed by atoms with Crippen molar-refractivity contribution >= 4 is 34.8 Å². The normalized spacial score (nSPS) is 11.4. The number of alkyl halides is 3. The minimum Gasteiger partial charge on any atom is -0.340 e. The molecule has 30 heavy (non-hydrogen) atoms. The molecule has 9 heteroatoms. The molecule has 0 saturated carbocycles. The first-order chi connectivity index (χ1) is 13.7. The molecule has 156 valence electrons. The van der Waals surface area contributed by atoms with Crippen molar-refractivity contribution in [3.63, 3.8) is 0 Å². The van der Waals surface area contributed by atoms with Crippen molar-refractivity contribution in [3.8, 4) is 11.3 Å². The van der Waals surface area contributed by atoms with Crippen molar-refractivity contribution in [2.75, 3.05) is 5.32 Å². The van der Waals surface area contributed by atoms with E-state index in [-0.39, 0.29) is 23.9 Å². The number of aryl methyl sites for hydroxylation is 2. The molecule has 0 amide bonds. The number of hydrogen-bond acceptors (Lipinski definition) is 3. The average Bonchev–Trinajstić information content (AvgIpc) is 2.96. The van der Waals surface area contributed by atoms with Gasteiger partial charge in [0.2, 0.25) is 0 Å². The van der Waals surface area contributed by atoms with Crippen molar-refractivity contribution in [2.24, 2.45) is 7.05 Å². The van der Waals surface area contributed by atoms with Crippen molar-refractivity contribution in [2.45, 2.75) is 13.1 Å². The quantitative estimate of drug-likeness (QED) is 0.385. The van der Waals surface area contributed by atoms with Gasteiger partial charge in [-0.25, -0.2) is 9.37 Å². The molecule has 0 aliphatic rings. The summed E-state index contributed by atoms with van der Waals surface area (Å²) in [4.78, 5) is 4.59. The Kier molecular flexibility index (Phi) is 5.72. The van der Waals surface area contributed by atoms with Gasteiger partial charge < -0.3 is 5.32 Å². The van der Waals surface area contributed by atoms with Gasteiger partial charge in [0.25, 0.3) is 0 Å². The highest BCUT2D eigenvalue weighted by molar-refractivity contribution is 5.96. The summed E-state index contributed by atoms with van der Waals surface area (Å²) in [6.07, 6.45) is -4.44. The van der Waals surface area contributed by atoms with Gasteiger partial charge in [0.15, 0.2) is 0 Å². The third kappa shape index (κ3) is 4.09. The Morgan fingerprint density at radius 2 is 1.70 bits per heavy atom. The summed E-state index contributed by atoms with van der Waals surface area (Å²) in [5.41, 5.74) is 2.18. The third-order valence-electron chi connectivity index (χ3n) is 4.60. The van der Waals surface area contributed by atoms with Crippen LogP contribution < -0.4 is 5.32 Å². The monoisotopic (exact) mass is 436 g/mol. The number of anilines is 2. The summed E-state index contributed by atoms with van der Waals surface area (Å²) in [5, 5.41) is 8.10. The zero-order valence-electron chi connectivity index (χ0n) is 16.0. The van der Waals surface area contributed by atoms with Crippen molar-refractivity contribution in [1.29, 1.82) is 0 Å². The summed E-state index contributed by atoms with van der Waals surface area (Å²) in [6.45, 7) is 1.80. The summed E-state index contributed by atoms with van der Waals surface area (Å²) in [6, 6.07) is 12.6. The van der Waals surface area contributed by atoms with Crippen LogP contribution in [-0.2, 0) is 13.2 Å². The topological polar surface area (TPSA) is 42.7 Å². The van der Waals surface area contributed by atoms with E-state index in [1.54, 1.807) is 36.9 Å². The van der Waals surface area contributed by atoms with Crippen LogP contribution in [0.25, 0.3) is 22.2 Å². The number of nitrogens with zero attached hydrogens (tertiary/aromatic N) is 3. The van der Waals surface area contributed by atoms with Gasteiger partial charge in [0.1, 0.15) is 11.6 Å². The molecule has 1 N–H and O–H groups in total. The van der Waals surface area contributed by atoms with Crippen molar-refractivity contribution in [3.05, 3.63) is 71.7 Å². The molecule has 4 aromatic rings. The molecule has 2 aromatic carbocycles. The van der Waals surface area contributed by atoms with Crippen molar-refractivity contribution < 1.29 is 17.6 Å². The molecule has 0 atom stereocenters. The van der Waals surface area contributed by atoms with E-state index in [4.69, 9.17) is 0 Å². The van der Waals surface area contributed by atoms with E-state index in [2.05, 4.69) is 15.4 Å². The molecule has 4 rings (SSSR count). The molecule has 0 aliphatic heterocycles. The second-order valence-corrected chi connectivity index (χ2v) is 6.67.